The largest absolute Gasteiger partial charge is 0.491 e. The smallest absolute Gasteiger partial charge is 0.250 e. The first kappa shape index (κ1) is 15.2. The molecule has 1 N–H and O–H groups in total. The molecule has 1 amide bonds. The molecule has 0 spiro atoms. The Hall–Kier alpha value is -2.21. The van der Waals surface area contributed by atoms with E-state index in [2.05, 4.69) is 15.5 Å². The van der Waals surface area contributed by atoms with Crippen LogP contribution in [0.3, 0.4) is 0 Å². The molecule has 1 heterocycles. The average Bonchev–Trinajstić information content (AvgIpc) is 2.81. The molecule has 0 unspecified atom stereocenters. The zero-order valence-electron chi connectivity index (χ0n) is 12.2. The van der Waals surface area contributed by atoms with Crippen LogP contribution in [-0.2, 0) is 4.79 Å². The minimum absolute atomic E-state index is 0.119. The second-order valence-electron chi connectivity index (χ2n) is 4.69. The predicted molar refractivity (Wildman–Crippen MR) is 84.5 cm³/mol. The first-order valence-electron chi connectivity index (χ1n) is 6.59. The summed E-state index contributed by atoms with van der Waals surface area (Å²) in [5, 5.41) is 11.7. The third-order valence-corrected chi connectivity index (χ3v) is 3.17. The summed E-state index contributed by atoms with van der Waals surface area (Å²) in [6.45, 7) is 5.78. The highest BCUT2D eigenvalue weighted by Gasteiger charge is 2.03. The molecule has 2 aromatic rings. The van der Waals surface area contributed by atoms with E-state index in [1.807, 2.05) is 45.0 Å². The first-order chi connectivity index (χ1) is 10.0. The van der Waals surface area contributed by atoms with Crippen molar-refractivity contribution >= 4 is 28.5 Å². The van der Waals surface area contributed by atoms with E-state index in [0.29, 0.717) is 5.13 Å². The number of carbonyl (C=O) groups excluding carboxylic acids is 1. The van der Waals surface area contributed by atoms with Gasteiger partial charge < -0.3 is 4.74 Å². The van der Waals surface area contributed by atoms with Crippen LogP contribution < -0.4 is 10.1 Å². The van der Waals surface area contributed by atoms with Crippen molar-refractivity contribution in [3.8, 4) is 5.75 Å². The van der Waals surface area contributed by atoms with E-state index < -0.39 is 0 Å². The van der Waals surface area contributed by atoms with Crippen LogP contribution in [0, 0.1) is 6.92 Å². The van der Waals surface area contributed by atoms with Gasteiger partial charge in [0.15, 0.2) is 0 Å². The van der Waals surface area contributed by atoms with Gasteiger partial charge in [0, 0.05) is 6.08 Å². The van der Waals surface area contributed by atoms with Crippen LogP contribution in [0.15, 0.2) is 30.3 Å². The highest BCUT2D eigenvalue weighted by atomic mass is 32.1. The van der Waals surface area contributed by atoms with Crippen molar-refractivity contribution in [3.05, 3.63) is 40.9 Å². The summed E-state index contributed by atoms with van der Waals surface area (Å²) in [5.74, 6) is 0.550. The number of aryl methyl sites for hydroxylation is 1. The molecule has 6 heteroatoms. The van der Waals surface area contributed by atoms with Gasteiger partial charge in [-0.1, -0.05) is 23.5 Å². The average molecular weight is 303 g/mol. The van der Waals surface area contributed by atoms with Crippen LogP contribution in [0.1, 0.15) is 24.4 Å². The molecule has 0 saturated heterocycles. The molecule has 0 radical (unpaired) electrons. The normalized spacial score (nSPS) is 11.0. The molecule has 1 aromatic heterocycles. The van der Waals surface area contributed by atoms with Crippen LogP contribution in [-0.4, -0.2) is 22.2 Å². The van der Waals surface area contributed by atoms with Gasteiger partial charge in [-0.2, -0.15) is 0 Å². The summed E-state index contributed by atoms with van der Waals surface area (Å²) in [6.07, 6.45) is 3.31. The molecule has 1 aromatic carbocycles. The molecule has 0 bridgehead atoms. The van der Waals surface area contributed by atoms with Gasteiger partial charge >= 0.3 is 0 Å². The minimum Gasteiger partial charge on any atom is -0.491 e. The predicted octanol–water partition coefficient (Wildman–Crippen LogP) is 3.29. The van der Waals surface area contributed by atoms with Crippen molar-refractivity contribution in [2.24, 2.45) is 0 Å². The Morgan fingerprint density at radius 1 is 1.38 bits per heavy atom. The Bertz CT molecular complexity index is 650. The van der Waals surface area contributed by atoms with Crippen LogP contribution in [0.25, 0.3) is 6.08 Å². The van der Waals surface area contributed by atoms with Crippen molar-refractivity contribution in [3.63, 3.8) is 0 Å². The lowest BCUT2D eigenvalue weighted by Crippen LogP contribution is -2.07. The van der Waals surface area contributed by atoms with Gasteiger partial charge in [-0.15, -0.1) is 10.2 Å². The third-order valence-electron chi connectivity index (χ3n) is 2.41. The summed E-state index contributed by atoms with van der Waals surface area (Å²) < 4.78 is 5.61. The Morgan fingerprint density at radius 2 is 2.19 bits per heavy atom. The van der Waals surface area contributed by atoms with Crippen LogP contribution in [0.2, 0.25) is 0 Å². The lowest BCUT2D eigenvalue weighted by Gasteiger charge is -2.09. The number of carbonyl (C=O) groups is 1. The Kier molecular flexibility index (Phi) is 5.05. The molecular weight excluding hydrogens is 286 g/mol. The van der Waals surface area contributed by atoms with Gasteiger partial charge in [0.25, 0.3) is 0 Å². The summed E-state index contributed by atoms with van der Waals surface area (Å²) in [6, 6.07) is 7.58. The van der Waals surface area contributed by atoms with E-state index in [9.17, 15) is 4.79 Å². The van der Waals surface area contributed by atoms with E-state index in [-0.39, 0.29) is 12.0 Å². The maximum absolute atomic E-state index is 11.8. The van der Waals surface area contributed by atoms with Crippen molar-refractivity contribution in [1.29, 1.82) is 0 Å². The SMILES string of the molecule is Cc1nnc(NC(=O)/C=C/c2cccc(OC(C)C)c2)s1. The van der Waals surface area contributed by atoms with Crippen molar-refractivity contribution < 1.29 is 9.53 Å². The zero-order chi connectivity index (χ0) is 15.2. The quantitative estimate of drug-likeness (QED) is 0.861. The van der Waals surface area contributed by atoms with E-state index in [0.717, 1.165) is 16.3 Å². The van der Waals surface area contributed by atoms with Crippen LogP contribution in [0.5, 0.6) is 5.75 Å². The molecule has 21 heavy (non-hydrogen) atoms. The van der Waals surface area contributed by atoms with Crippen LogP contribution >= 0.6 is 11.3 Å². The molecule has 0 aliphatic heterocycles. The molecule has 0 atom stereocenters. The molecule has 2 rings (SSSR count). The molecular formula is C15H17N3O2S. The van der Waals surface area contributed by atoms with Gasteiger partial charge in [0.05, 0.1) is 6.10 Å². The summed E-state index contributed by atoms with van der Waals surface area (Å²) in [7, 11) is 0. The van der Waals surface area contributed by atoms with Crippen molar-refractivity contribution in [2.45, 2.75) is 26.9 Å². The van der Waals surface area contributed by atoms with Crippen molar-refractivity contribution in [2.75, 3.05) is 5.32 Å². The van der Waals surface area contributed by atoms with E-state index in [4.69, 9.17) is 4.74 Å². The number of rotatable bonds is 5. The van der Waals surface area contributed by atoms with Gasteiger partial charge in [0.2, 0.25) is 11.0 Å². The fraction of sp³-hybridized carbons (Fsp3) is 0.267. The molecule has 0 aliphatic rings. The molecule has 5 nitrogen and oxygen atoms in total. The minimum atomic E-state index is -0.235. The van der Waals surface area contributed by atoms with E-state index in [1.54, 1.807) is 6.08 Å². The standard InChI is InChI=1S/C15H17N3O2S/c1-10(2)20-13-6-4-5-12(9-13)7-8-14(19)16-15-18-17-11(3)21-15/h4-10H,1-3H3,(H,16,18,19)/b8-7+. The number of nitrogens with one attached hydrogen (secondary N) is 1. The number of aromatic nitrogens is 2. The first-order valence-corrected chi connectivity index (χ1v) is 7.40. The van der Waals surface area contributed by atoms with E-state index >= 15 is 0 Å². The second-order valence-corrected chi connectivity index (χ2v) is 5.87. The highest BCUT2D eigenvalue weighted by molar-refractivity contribution is 7.15. The maximum atomic E-state index is 11.8. The summed E-state index contributed by atoms with van der Waals surface area (Å²) in [5.41, 5.74) is 0.900. The monoisotopic (exact) mass is 303 g/mol. The summed E-state index contributed by atoms with van der Waals surface area (Å²) in [4.78, 5) is 11.8. The number of hydrogen-bond donors (Lipinski definition) is 1. The van der Waals surface area contributed by atoms with Crippen LogP contribution in [0.4, 0.5) is 5.13 Å². The lowest BCUT2D eigenvalue weighted by atomic mass is 10.2. The van der Waals surface area contributed by atoms with Gasteiger partial charge in [-0.3, -0.25) is 10.1 Å². The fourth-order valence-corrected chi connectivity index (χ4v) is 2.22. The van der Waals surface area contributed by atoms with Gasteiger partial charge in [0.1, 0.15) is 10.8 Å². The second kappa shape index (κ2) is 6.99. The zero-order valence-corrected chi connectivity index (χ0v) is 13.0. The summed E-state index contributed by atoms with van der Waals surface area (Å²) >= 11 is 1.34. The molecule has 0 saturated carbocycles. The Morgan fingerprint density at radius 3 is 2.86 bits per heavy atom. The highest BCUT2D eigenvalue weighted by Crippen LogP contribution is 2.16. The topological polar surface area (TPSA) is 64.1 Å². The Labute approximate surface area is 127 Å². The fourth-order valence-electron chi connectivity index (χ4n) is 1.63. The Balaban J connectivity index is 1.98. The lowest BCUT2D eigenvalue weighted by molar-refractivity contribution is -0.111. The third kappa shape index (κ3) is 5.00. The number of amides is 1. The van der Waals surface area contributed by atoms with E-state index in [1.165, 1.54) is 17.4 Å². The van der Waals surface area contributed by atoms with Gasteiger partial charge in [-0.25, -0.2) is 0 Å². The number of benzene rings is 1. The molecule has 0 fully saturated rings. The number of ether oxygens (including phenoxy) is 1. The van der Waals surface area contributed by atoms with Crippen molar-refractivity contribution in [1.82, 2.24) is 10.2 Å². The maximum Gasteiger partial charge on any atom is 0.250 e. The molecule has 0 aliphatic carbocycles. The number of nitrogens with zero attached hydrogens (tertiary/aromatic N) is 2. The molecule has 110 valence electrons. The number of anilines is 1. The van der Waals surface area contributed by atoms with Gasteiger partial charge in [-0.05, 0) is 44.5 Å². The number of hydrogen-bond acceptors (Lipinski definition) is 5.